The lowest BCUT2D eigenvalue weighted by molar-refractivity contribution is -0.117. The number of aromatic nitrogens is 1. The molecule has 0 radical (unpaired) electrons. The van der Waals surface area contributed by atoms with Crippen molar-refractivity contribution in [3.63, 3.8) is 0 Å². The number of thiazole rings is 1. The number of anilines is 1. The third-order valence-corrected chi connectivity index (χ3v) is 6.11. The van der Waals surface area contributed by atoms with Gasteiger partial charge in [0.05, 0.1) is 12.2 Å². The zero-order valence-corrected chi connectivity index (χ0v) is 17.6. The van der Waals surface area contributed by atoms with E-state index in [0.29, 0.717) is 11.6 Å². The predicted molar refractivity (Wildman–Crippen MR) is 119 cm³/mol. The third kappa shape index (κ3) is 5.64. The Hall–Kier alpha value is -2.25. The van der Waals surface area contributed by atoms with E-state index in [4.69, 9.17) is 16.6 Å². The lowest BCUT2D eigenvalue weighted by atomic mass is 10.2. The number of amides is 1. The third-order valence-electron chi connectivity index (χ3n) is 4.92. The number of nitrogens with zero attached hydrogens (tertiary/aromatic N) is 3. The molecule has 1 fully saturated rings. The first-order chi connectivity index (χ1) is 14.2. The molecule has 2 heterocycles. The summed E-state index contributed by atoms with van der Waals surface area (Å²) < 4.78 is 0. The number of carbonyl (C=O) groups is 1. The largest absolute Gasteiger partial charge is 0.325 e. The lowest BCUT2D eigenvalue weighted by Crippen LogP contribution is -2.48. The number of carbonyl (C=O) groups excluding carboxylic acids is 1. The molecule has 0 bridgehead atoms. The molecule has 1 saturated heterocycles. The van der Waals surface area contributed by atoms with Crippen LogP contribution >= 0.6 is 22.9 Å². The van der Waals surface area contributed by atoms with Crippen molar-refractivity contribution in [2.75, 3.05) is 38.0 Å². The summed E-state index contributed by atoms with van der Waals surface area (Å²) in [6.07, 6.45) is 0. The van der Waals surface area contributed by atoms with Crippen LogP contribution < -0.4 is 5.32 Å². The van der Waals surface area contributed by atoms with Crippen LogP contribution in [-0.2, 0) is 11.3 Å². The van der Waals surface area contributed by atoms with E-state index in [1.807, 2.05) is 30.3 Å². The Balaban J connectivity index is 1.23. The fourth-order valence-electron chi connectivity index (χ4n) is 3.36. The highest BCUT2D eigenvalue weighted by Crippen LogP contribution is 2.24. The van der Waals surface area contributed by atoms with Gasteiger partial charge in [-0.2, -0.15) is 0 Å². The maximum absolute atomic E-state index is 12.3. The van der Waals surface area contributed by atoms with Crippen LogP contribution in [0.25, 0.3) is 10.6 Å². The molecule has 0 aliphatic carbocycles. The van der Waals surface area contributed by atoms with Gasteiger partial charge in [0.2, 0.25) is 5.91 Å². The first-order valence-electron chi connectivity index (χ1n) is 9.66. The average molecular weight is 427 g/mol. The lowest BCUT2D eigenvalue weighted by Gasteiger charge is -2.33. The summed E-state index contributed by atoms with van der Waals surface area (Å²) in [4.78, 5) is 21.6. The molecule has 0 saturated carbocycles. The SMILES string of the molecule is O=C(CN1CCN(Cc2csc(-c3ccccc3)n2)CC1)Nc1ccc(Cl)cc1. The minimum atomic E-state index is 0.00720. The molecule has 3 aromatic rings. The van der Waals surface area contributed by atoms with Crippen LogP contribution in [0.3, 0.4) is 0 Å². The summed E-state index contributed by atoms with van der Waals surface area (Å²) >= 11 is 7.57. The molecule has 29 heavy (non-hydrogen) atoms. The summed E-state index contributed by atoms with van der Waals surface area (Å²) in [6, 6.07) is 17.5. The standard InChI is InChI=1S/C22H23ClN4OS/c23-18-6-8-19(9-7-18)24-21(28)15-27-12-10-26(11-13-27)14-20-16-29-22(25-20)17-4-2-1-3-5-17/h1-9,16H,10-15H2,(H,24,28). The molecular formula is C22H23ClN4OS. The van der Waals surface area contributed by atoms with E-state index in [-0.39, 0.29) is 5.91 Å². The number of nitrogens with one attached hydrogen (secondary N) is 1. The van der Waals surface area contributed by atoms with Crippen molar-refractivity contribution >= 4 is 34.5 Å². The fraction of sp³-hybridized carbons (Fsp3) is 0.273. The molecule has 1 amide bonds. The maximum Gasteiger partial charge on any atom is 0.238 e. The van der Waals surface area contributed by atoms with Crippen LogP contribution in [0.15, 0.2) is 60.0 Å². The zero-order valence-electron chi connectivity index (χ0n) is 16.1. The number of halogens is 1. The van der Waals surface area contributed by atoms with Gasteiger partial charge < -0.3 is 5.32 Å². The second-order valence-electron chi connectivity index (χ2n) is 7.12. The molecule has 150 valence electrons. The molecule has 1 aliphatic rings. The van der Waals surface area contributed by atoms with Gasteiger partial charge in [-0.05, 0) is 24.3 Å². The van der Waals surface area contributed by atoms with Crippen molar-refractivity contribution < 1.29 is 4.79 Å². The van der Waals surface area contributed by atoms with Gasteiger partial charge in [-0.25, -0.2) is 4.98 Å². The van der Waals surface area contributed by atoms with Crippen molar-refractivity contribution in [3.05, 3.63) is 70.7 Å². The summed E-state index contributed by atoms with van der Waals surface area (Å²) in [6.45, 7) is 4.89. The second kappa shape index (κ2) is 9.50. The number of piperazine rings is 1. The normalized spacial score (nSPS) is 15.3. The maximum atomic E-state index is 12.3. The first-order valence-corrected chi connectivity index (χ1v) is 10.9. The van der Waals surface area contributed by atoms with Crippen molar-refractivity contribution in [2.24, 2.45) is 0 Å². The van der Waals surface area contributed by atoms with Crippen molar-refractivity contribution in [3.8, 4) is 10.6 Å². The zero-order chi connectivity index (χ0) is 20.1. The van der Waals surface area contributed by atoms with Crippen molar-refractivity contribution in [1.29, 1.82) is 0 Å². The highest BCUT2D eigenvalue weighted by atomic mass is 35.5. The van der Waals surface area contributed by atoms with Gasteiger partial charge >= 0.3 is 0 Å². The quantitative estimate of drug-likeness (QED) is 0.641. The van der Waals surface area contributed by atoms with E-state index in [2.05, 4.69) is 32.6 Å². The Kier molecular flexibility index (Phi) is 6.56. The molecule has 7 heteroatoms. The van der Waals surface area contributed by atoms with Gasteiger partial charge in [0, 0.05) is 54.4 Å². The van der Waals surface area contributed by atoms with E-state index in [0.717, 1.165) is 49.1 Å². The number of benzene rings is 2. The number of rotatable bonds is 6. The Bertz CT molecular complexity index is 937. The van der Waals surface area contributed by atoms with Crippen LogP contribution in [0, 0.1) is 0 Å². The molecule has 0 unspecified atom stereocenters. The molecular weight excluding hydrogens is 404 g/mol. The van der Waals surface area contributed by atoms with E-state index in [1.165, 1.54) is 5.56 Å². The van der Waals surface area contributed by atoms with Gasteiger partial charge in [0.25, 0.3) is 0 Å². The van der Waals surface area contributed by atoms with Crippen LogP contribution in [0.5, 0.6) is 0 Å². The van der Waals surface area contributed by atoms with Gasteiger partial charge in [-0.15, -0.1) is 11.3 Å². The monoisotopic (exact) mass is 426 g/mol. The first kappa shape index (κ1) is 20.0. The van der Waals surface area contributed by atoms with Gasteiger partial charge in [0.15, 0.2) is 0 Å². The van der Waals surface area contributed by atoms with Gasteiger partial charge in [-0.3, -0.25) is 14.6 Å². The van der Waals surface area contributed by atoms with Crippen LogP contribution in [0.1, 0.15) is 5.69 Å². The smallest absolute Gasteiger partial charge is 0.238 e. The summed E-state index contributed by atoms with van der Waals surface area (Å²) in [5, 5.41) is 6.80. The molecule has 1 aliphatic heterocycles. The summed E-state index contributed by atoms with van der Waals surface area (Å²) in [5.74, 6) is 0.00720. The van der Waals surface area contributed by atoms with Crippen molar-refractivity contribution in [1.82, 2.24) is 14.8 Å². The van der Waals surface area contributed by atoms with E-state index in [1.54, 1.807) is 23.5 Å². The van der Waals surface area contributed by atoms with Crippen molar-refractivity contribution in [2.45, 2.75) is 6.54 Å². The molecule has 0 spiro atoms. The fourth-order valence-corrected chi connectivity index (χ4v) is 4.31. The Labute approximate surface area is 179 Å². The van der Waals surface area contributed by atoms with Gasteiger partial charge in [-0.1, -0.05) is 41.9 Å². The van der Waals surface area contributed by atoms with E-state index in [9.17, 15) is 4.79 Å². The highest BCUT2D eigenvalue weighted by Gasteiger charge is 2.20. The number of hydrogen-bond acceptors (Lipinski definition) is 5. The summed E-state index contributed by atoms with van der Waals surface area (Å²) in [5.41, 5.74) is 3.05. The van der Waals surface area contributed by atoms with Gasteiger partial charge in [0.1, 0.15) is 5.01 Å². The molecule has 4 rings (SSSR count). The molecule has 2 aromatic carbocycles. The highest BCUT2D eigenvalue weighted by molar-refractivity contribution is 7.13. The molecule has 5 nitrogen and oxygen atoms in total. The molecule has 1 N–H and O–H groups in total. The number of hydrogen-bond donors (Lipinski definition) is 1. The van der Waals surface area contributed by atoms with E-state index < -0.39 is 0 Å². The Morgan fingerprint density at radius 2 is 1.69 bits per heavy atom. The van der Waals surface area contributed by atoms with Crippen LogP contribution in [0.2, 0.25) is 5.02 Å². The second-order valence-corrected chi connectivity index (χ2v) is 8.41. The van der Waals surface area contributed by atoms with E-state index >= 15 is 0 Å². The topological polar surface area (TPSA) is 48.5 Å². The average Bonchev–Trinajstić information content (AvgIpc) is 3.20. The Morgan fingerprint density at radius 1 is 1.00 bits per heavy atom. The predicted octanol–water partition coefficient (Wildman–Crippen LogP) is 4.22. The van der Waals surface area contributed by atoms with Crippen LogP contribution in [-0.4, -0.2) is 53.4 Å². The van der Waals surface area contributed by atoms with Crippen LogP contribution in [0.4, 0.5) is 5.69 Å². The molecule has 0 atom stereocenters. The summed E-state index contributed by atoms with van der Waals surface area (Å²) in [7, 11) is 0. The minimum absolute atomic E-state index is 0.00720. The minimum Gasteiger partial charge on any atom is -0.325 e. The Morgan fingerprint density at radius 3 is 2.41 bits per heavy atom. The molecule has 1 aromatic heterocycles.